The van der Waals surface area contributed by atoms with Gasteiger partial charge in [-0.3, -0.25) is 0 Å². The van der Waals surface area contributed by atoms with Crippen LogP contribution in [0.25, 0.3) is 0 Å². The van der Waals surface area contributed by atoms with E-state index in [9.17, 15) is 0 Å². The summed E-state index contributed by atoms with van der Waals surface area (Å²) >= 11 is 0. The van der Waals surface area contributed by atoms with Gasteiger partial charge in [0.25, 0.3) is 0 Å². The molecule has 3 aliphatic carbocycles. The van der Waals surface area contributed by atoms with Crippen LogP contribution in [0.2, 0.25) is 0 Å². The van der Waals surface area contributed by atoms with Crippen molar-refractivity contribution < 1.29 is 14.2 Å². The fourth-order valence-electron chi connectivity index (χ4n) is 6.84. The zero-order valence-corrected chi connectivity index (χ0v) is 16.4. The molecule has 3 nitrogen and oxygen atoms in total. The molecule has 0 aromatic heterocycles. The second-order valence-electron chi connectivity index (χ2n) is 9.60. The van der Waals surface area contributed by atoms with Gasteiger partial charge in [-0.25, -0.2) is 0 Å². The molecule has 3 fully saturated rings. The lowest BCUT2D eigenvalue weighted by Crippen LogP contribution is -2.43. The number of rotatable bonds is 3. The lowest BCUT2D eigenvalue weighted by Gasteiger charge is -2.46. The van der Waals surface area contributed by atoms with Gasteiger partial charge in [-0.1, -0.05) is 34.1 Å². The minimum atomic E-state index is 0.232. The predicted octanol–water partition coefficient (Wildman–Crippen LogP) is 5.12. The van der Waals surface area contributed by atoms with E-state index in [1.165, 1.54) is 42.4 Å². The van der Waals surface area contributed by atoms with Crippen LogP contribution < -0.4 is 9.47 Å². The third-order valence-corrected chi connectivity index (χ3v) is 8.01. The highest BCUT2D eigenvalue weighted by Gasteiger charge is 2.85. The van der Waals surface area contributed by atoms with Crippen LogP contribution in [0.4, 0.5) is 0 Å². The Kier molecular flexibility index (Phi) is 2.90. The van der Waals surface area contributed by atoms with Gasteiger partial charge in [-0.2, -0.15) is 0 Å². The van der Waals surface area contributed by atoms with Gasteiger partial charge in [0.05, 0.1) is 20.3 Å². The van der Waals surface area contributed by atoms with E-state index in [4.69, 9.17) is 14.2 Å². The van der Waals surface area contributed by atoms with Crippen molar-refractivity contribution in [3.8, 4) is 11.5 Å². The molecule has 0 amide bonds. The molecule has 1 aliphatic heterocycles. The van der Waals surface area contributed by atoms with E-state index in [-0.39, 0.29) is 11.5 Å². The SMILES string of the molecule is COc1c(C(C)C)cc2c(c1OC)[C@@]13CCCC(C)(C)[C@@]1(C3)[C@H]1O[C@@H]21. The molecule has 0 bridgehead atoms. The van der Waals surface area contributed by atoms with E-state index in [0.717, 1.165) is 11.5 Å². The standard InChI is InChI=1S/C22H30O3/c1-12(2)13-10-14-15(18(24-6)16(13)23-5)21-9-7-8-20(3,4)22(21,11-21)19-17(14)25-19/h10,12,17,19H,7-9,11H2,1-6H3/t17-,19-,21-,22+/m0/s1. The first-order chi connectivity index (χ1) is 11.8. The van der Waals surface area contributed by atoms with Crippen molar-refractivity contribution in [3.63, 3.8) is 0 Å². The van der Waals surface area contributed by atoms with E-state index in [2.05, 4.69) is 33.8 Å². The van der Waals surface area contributed by atoms with Crippen LogP contribution in [0, 0.1) is 10.8 Å². The molecule has 1 saturated heterocycles. The van der Waals surface area contributed by atoms with Gasteiger partial charge in [0, 0.05) is 22.0 Å². The summed E-state index contributed by atoms with van der Waals surface area (Å²) < 4.78 is 18.2. The van der Waals surface area contributed by atoms with Gasteiger partial charge < -0.3 is 14.2 Å². The van der Waals surface area contributed by atoms with Gasteiger partial charge >= 0.3 is 0 Å². The van der Waals surface area contributed by atoms with E-state index < -0.39 is 0 Å². The molecule has 25 heavy (non-hydrogen) atoms. The summed E-state index contributed by atoms with van der Waals surface area (Å²) in [6.07, 6.45) is 5.79. The monoisotopic (exact) mass is 342 g/mol. The smallest absolute Gasteiger partial charge is 0.165 e. The lowest BCUT2D eigenvalue weighted by atomic mass is 9.57. The Morgan fingerprint density at radius 1 is 1.12 bits per heavy atom. The molecule has 0 N–H and O–H groups in total. The third-order valence-electron chi connectivity index (χ3n) is 8.01. The molecular weight excluding hydrogens is 312 g/mol. The first-order valence-electron chi connectivity index (χ1n) is 9.79. The summed E-state index contributed by atoms with van der Waals surface area (Å²) in [6, 6.07) is 2.37. The highest BCUT2D eigenvalue weighted by atomic mass is 16.6. The minimum absolute atomic E-state index is 0.232. The topological polar surface area (TPSA) is 31.0 Å². The van der Waals surface area contributed by atoms with Crippen LogP contribution in [0.1, 0.15) is 82.1 Å². The van der Waals surface area contributed by atoms with Crippen molar-refractivity contribution in [1.29, 1.82) is 0 Å². The summed E-state index contributed by atoms with van der Waals surface area (Å²) in [5.41, 5.74) is 4.91. The maximum atomic E-state index is 6.36. The van der Waals surface area contributed by atoms with E-state index >= 15 is 0 Å². The summed E-state index contributed by atoms with van der Waals surface area (Å²) in [6.45, 7) is 9.37. The lowest BCUT2D eigenvalue weighted by molar-refractivity contribution is 0.0683. The quantitative estimate of drug-likeness (QED) is 0.715. The Bertz CT molecular complexity index is 765. The Morgan fingerprint density at radius 2 is 1.84 bits per heavy atom. The van der Waals surface area contributed by atoms with Gasteiger partial charge in [0.15, 0.2) is 11.5 Å². The van der Waals surface area contributed by atoms with Crippen LogP contribution >= 0.6 is 0 Å². The Balaban J connectivity index is 1.80. The zero-order valence-electron chi connectivity index (χ0n) is 16.4. The Hall–Kier alpha value is -1.22. The van der Waals surface area contributed by atoms with E-state index in [0.29, 0.717) is 22.9 Å². The van der Waals surface area contributed by atoms with Crippen molar-refractivity contribution in [3.05, 3.63) is 22.8 Å². The first-order valence-corrected chi connectivity index (χ1v) is 9.79. The number of fused-ring (bicyclic) bond motifs is 3. The molecule has 5 rings (SSSR count). The third kappa shape index (κ3) is 1.58. The zero-order chi connectivity index (χ0) is 17.8. The second-order valence-corrected chi connectivity index (χ2v) is 9.60. The van der Waals surface area contributed by atoms with Gasteiger partial charge in [0.1, 0.15) is 6.10 Å². The van der Waals surface area contributed by atoms with Crippen molar-refractivity contribution in [2.75, 3.05) is 14.2 Å². The molecule has 0 unspecified atom stereocenters. The molecule has 4 aliphatic rings. The second kappa shape index (κ2) is 4.54. The molecule has 0 spiro atoms. The maximum Gasteiger partial charge on any atom is 0.165 e. The molecule has 3 heteroatoms. The Labute approximate surface area is 151 Å². The molecule has 1 aromatic carbocycles. The minimum Gasteiger partial charge on any atom is -0.493 e. The van der Waals surface area contributed by atoms with Crippen molar-refractivity contribution in [2.24, 2.45) is 10.8 Å². The summed E-state index contributed by atoms with van der Waals surface area (Å²) in [5.74, 6) is 2.32. The van der Waals surface area contributed by atoms with E-state index in [1.54, 1.807) is 14.2 Å². The Morgan fingerprint density at radius 3 is 2.48 bits per heavy atom. The number of ether oxygens (including phenoxy) is 3. The number of benzene rings is 1. The summed E-state index contributed by atoms with van der Waals surface area (Å²) in [7, 11) is 3.58. The number of epoxide rings is 1. The molecule has 2 saturated carbocycles. The van der Waals surface area contributed by atoms with Crippen molar-refractivity contribution >= 4 is 0 Å². The predicted molar refractivity (Wildman–Crippen MR) is 97.6 cm³/mol. The van der Waals surface area contributed by atoms with Crippen LogP contribution in [0.5, 0.6) is 11.5 Å². The number of hydrogen-bond donors (Lipinski definition) is 0. The van der Waals surface area contributed by atoms with Gasteiger partial charge in [0.2, 0.25) is 0 Å². The summed E-state index contributed by atoms with van der Waals surface area (Å²) in [4.78, 5) is 0. The van der Waals surface area contributed by atoms with E-state index in [1.807, 2.05) is 0 Å². The highest BCUT2D eigenvalue weighted by molar-refractivity contribution is 5.67. The first kappa shape index (κ1) is 16.0. The van der Waals surface area contributed by atoms with Crippen molar-refractivity contribution in [2.45, 2.75) is 76.9 Å². The summed E-state index contributed by atoms with van der Waals surface area (Å²) in [5, 5.41) is 0. The number of methoxy groups -OCH3 is 2. The average molecular weight is 342 g/mol. The van der Waals surface area contributed by atoms with Gasteiger partial charge in [-0.15, -0.1) is 0 Å². The molecular formula is C22H30O3. The molecule has 1 heterocycles. The van der Waals surface area contributed by atoms with Crippen LogP contribution in [-0.4, -0.2) is 20.3 Å². The maximum absolute atomic E-state index is 6.36. The fraction of sp³-hybridized carbons (Fsp3) is 0.727. The largest absolute Gasteiger partial charge is 0.493 e. The molecule has 0 radical (unpaired) electrons. The molecule has 136 valence electrons. The number of hydrogen-bond acceptors (Lipinski definition) is 3. The normalized spacial score (nSPS) is 39.0. The van der Waals surface area contributed by atoms with Crippen molar-refractivity contribution in [1.82, 2.24) is 0 Å². The highest BCUT2D eigenvalue weighted by Crippen LogP contribution is 2.87. The van der Waals surface area contributed by atoms with Crippen LogP contribution in [-0.2, 0) is 10.2 Å². The molecule has 4 atom stereocenters. The van der Waals surface area contributed by atoms with Crippen LogP contribution in [0.3, 0.4) is 0 Å². The van der Waals surface area contributed by atoms with Crippen LogP contribution in [0.15, 0.2) is 6.07 Å². The van der Waals surface area contributed by atoms with Gasteiger partial charge in [-0.05, 0) is 42.2 Å². The fourth-order valence-corrected chi connectivity index (χ4v) is 6.84. The molecule has 1 aromatic rings. The average Bonchev–Trinajstić information content (AvgIpc) is 3.43.